The minimum absolute atomic E-state index is 0.0146. The summed E-state index contributed by atoms with van der Waals surface area (Å²) >= 11 is 0. The summed E-state index contributed by atoms with van der Waals surface area (Å²) in [6.45, 7) is 2.91. The normalized spacial score (nSPS) is 16.8. The number of anilines is 1. The molecule has 1 saturated heterocycles. The maximum atomic E-state index is 12.5. The molecule has 25 heavy (non-hydrogen) atoms. The molecule has 1 aliphatic rings. The fourth-order valence-electron chi connectivity index (χ4n) is 3.00. The minimum Gasteiger partial charge on any atom is -0.497 e. The van der Waals surface area contributed by atoms with Crippen LogP contribution in [0.1, 0.15) is 17.5 Å². The van der Waals surface area contributed by atoms with Gasteiger partial charge in [-0.3, -0.25) is 9.59 Å². The summed E-state index contributed by atoms with van der Waals surface area (Å²) < 4.78 is 5.14. The molecule has 0 unspecified atom stereocenters. The largest absolute Gasteiger partial charge is 0.497 e. The van der Waals surface area contributed by atoms with Gasteiger partial charge in [-0.15, -0.1) is 0 Å². The highest BCUT2D eigenvalue weighted by atomic mass is 16.5. The average Bonchev–Trinajstić information content (AvgIpc) is 2.98. The molecule has 1 fully saturated rings. The van der Waals surface area contributed by atoms with Crippen molar-refractivity contribution in [3.63, 3.8) is 0 Å². The number of nitrogens with zero attached hydrogens (tertiary/aromatic N) is 1. The molecule has 130 valence electrons. The van der Waals surface area contributed by atoms with E-state index in [1.54, 1.807) is 12.0 Å². The molecule has 0 aliphatic carbocycles. The highest BCUT2D eigenvalue weighted by Crippen LogP contribution is 2.23. The van der Waals surface area contributed by atoms with Crippen LogP contribution in [-0.4, -0.2) is 30.4 Å². The number of nitrogens with one attached hydrogen (secondary N) is 1. The Kier molecular flexibility index (Phi) is 5.03. The van der Waals surface area contributed by atoms with Gasteiger partial charge in [0.05, 0.1) is 13.0 Å². The van der Waals surface area contributed by atoms with Gasteiger partial charge in [-0.1, -0.05) is 30.3 Å². The molecule has 0 saturated carbocycles. The maximum Gasteiger partial charge on any atom is 0.229 e. The molecule has 1 atom stereocenters. The van der Waals surface area contributed by atoms with Crippen LogP contribution in [0.15, 0.2) is 48.5 Å². The van der Waals surface area contributed by atoms with E-state index >= 15 is 0 Å². The number of amides is 2. The number of methoxy groups -OCH3 is 1. The van der Waals surface area contributed by atoms with Gasteiger partial charge in [0.2, 0.25) is 11.8 Å². The third-order valence-electron chi connectivity index (χ3n) is 4.52. The Hall–Kier alpha value is -2.82. The van der Waals surface area contributed by atoms with Crippen molar-refractivity contribution in [3.8, 4) is 5.75 Å². The van der Waals surface area contributed by atoms with E-state index in [1.165, 1.54) is 0 Å². The van der Waals surface area contributed by atoms with E-state index < -0.39 is 0 Å². The van der Waals surface area contributed by atoms with Gasteiger partial charge in [0.1, 0.15) is 5.75 Å². The Morgan fingerprint density at radius 1 is 1.20 bits per heavy atom. The second kappa shape index (κ2) is 7.38. The van der Waals surface area contributed by atoms with Gasteiger partial charge in [0.15, 0.2) is 0 Å². The lowest BCUT2D eigenvalue weighted by Crippen LogP contribution is -2.28. The molecule has 3 rings (SSSR count). The number of carbonyl (C=O) groups excluding carboxylic acids is 2. The lowest BCUT2D eigenvalue weighted by Gasteiger charge is -2.17. The van der Waals surface area contributed by atoms with Gasteiger partial charge >= 0.3 is 0 Å². The van der Waals surface area contributed by atoms with Crippen molar-refractivity contribution in [1.82, 2.24) is 4.90 Å². The molecule has 5 heteroatoms. The van der Waals surface area contributed by atoms with Crippen LogP contribution in [0.3, 0.4) is 0 Å². The summed E-state index contributed by atoms with van der Waals surface area (Å²) in [5.74, 6) is 0.387. The Morgan fingerprint density at radius 3 is 2.60 bits per heavy atom. The van der Waals surface area contributed by atoms with Gasteiger partial charge in [-0.2, -0.15) is 0 Å². The Labute approximate surface area is 147 Å². The molecule has 1 heterocycles. The van der Waals surface area contributed by atoms with Crippen molar-refractivity contribution in [1.29, 1.82) is 0 Å². The first-order valence-corrected chi connectivity index (χ1v) is 8.34. The highest BCUT2D eigenvalue weighted by Gasteiger charge is 2.34. The van der Waals surface area contributed by atoms with Crippen LogP contribution in [-0.2, 0) is 16.1 Å². The minimum atomic E-state index is -0.314. The second-order valence-electron chi connectivity index (χ2n) is 6.33. The molecule has 2 aromatic carbocycles. The molecule has 1 aliphatic heterocycles. The number of likely N-dealkylation sites (tertiary alicyclic amines) is 1. The first-order chi connectivity index (χ1) is 12.1. The summed E-state index contributed by atoms with van der Waals surface area (Å²) in [6, 6.07) is 15.3. The summed E-state index contributed by atoms with van der Waals surface area (Å²) in [6.07, 6.45) is 0.258. The number of para-hydroxylation sites is 1. The molecule has 2 aromatic rings. The summed E-state index contributed by atoms with van der Waals surface area (Å²) in [5.41, 5.74) is 2.83. The van der Waals surface area contributed by atoms with Gasteiger partial charge in [0, 0.05) is 25.2 Å². The Balaban J connectivity index is 1.61. The molecule has 5 nitrogen and oxygen atoms in total. The summed E-state index contributed by atoms with van der Waals surface area (Å²) in [5, 5.41) is 2.94. The topological polar surface area (TPSA) is 58.6 Å². The molecule has 0 spiro atoms. The van der Waals surface area contributed by atoms with E-state index in [0.717, 1.165) is 22.6 Å². The lowest BCUT2D eigenvalue weighted by molar-refractivity contribution is -0.128. The smallest absolute Gasteiger partial charge is 0.229 e. The zero-order valence-corrected chi connectivity index (χ0v) is 14.5. The monoisotopic (exact) mass is 338 g/mol. The van der Waals surface area contributed by atoms with Crippen LogP contribution < -0.4 is 10.1 Å². The van der Waals surface area contributed by atoms with Crippen LogP contribution in [0.4, 0.5) is 5.69 Å². The van der Waals surface area contributed by atoms with E-state index in [9.17, 15) is 9.59 Å². The molecule has 2 amide bonds. The number of carbonyl (C=O) groups is 2. The van der Waals surface area contributed by atoms with E-state index in [4.69, 9.17) is 4.74 Å². The number of rotatable bonds is 5. The molecular formula is C20H22N2O3. The second-order valence-corrected chi connectivity index (χ2v) is 6.33. The SMILES string of the molecule is COc1ccc(CN2C[C@H](C(=O)Nc3ccccc3C)CC2=O)cc1. The number of hydrogen-bond donors (Lipinski definition) is 1. The van der Waals surface area contributed by atoms with Crippen LogP contribution in [0, 0.1) is 12.8 Å². The fraction of sp³-hybridized carbons (Fsp3) is 0.300. The van der Waals surface area contributed by atoms with Gasteiger partial charge in [-0.05, 0) is 36.2 Å². The number of hydrogen-bond acceptors (Lipinski definition) is 3. The van der Waals surface area contributed by atoms with Crippen molar-refractivity contribution in [3.05, 3.63) is 59.7 Å². The van der Waals surface area contributed by atoms with Crippen molar-refractivity contribution in [2.24, 2.45) is 5.92 Å². The third kappa shape index (κ3) is 3.99. The quantitative estimate of drug-likeness (QED) is 0.912. The Bertz CT molecular complexity index is 771. The third-order valence-corrected chi connectivity index (χ3v) is 4.52. The van der Waals surface area contributed by atoms with E-state index in [0.29, 0.717) is 13.1 Å². The average molecular weight is 338 g/mol. The van der Waals surface area contributed by atoms with Crippen LogP contribution in [0.5, 0.6) is 5.75 Å². The molecule has 0 bridgehead atoms. The van der Waals surface area contributed by atoms with E-state index in [1.807, 2.05) is 55.5 Å². The summed E-state index contributed by atoms with van der Waals surface area (Å²) in [7, 11) is 1.62. The zero-order valence-electron chi connectivity index (χ0n) is 14.5. The van der Waals surface area contributed by atoms with Crippen LogP contribution in [0.2, 0.25) is 0 Å². The summed E-state index contributed by atoms with van der Waals surface area (Å²) in [4.78, 5) is 26.5. The zero-order chi connectivity index (χ0) is 17.8. The van der Waals surface area contributed by atoms with Crippen LogP contribution >= 0.6 is 0 Å². The fourth-order valence-corrected chi connectivity index (χ4v) is 3.00. The highest BCUT2D eigenvalue weighted by molar-refractivity contribution is 5.97. The predicted molar refractivity (Wildman–Crippen MR) is 96.3 cm³/mol. The lowest BCUT2D eigenvalue weighted by atomic mass is 10.1. The molecular weight excluding hydrogens is 316 g/mol. The van der Waals surface area contributed by atoms with Crippen LogP contribution in [0.25, 0.3) is 0 Å². The first kappa shape index (κ1) is 17.0. The first-order valence-electron chi connectivity index (χ1n) is 8.34. The molecule has 1 N–H and O–H groups in total. The maximum absolute atomic E-state index is 12.5. The van der Waals surface area contributed by atoms with Gasteiger partial charge < -0.3 is 15.0 Å². The molecule has 0 aromatic heterocycles. The number of benzene rings is 2. The van der Waals surface area contributed by atoms with E-state index in [2.05, 4.69) is 5.32 Å². The van der Waals surface area contributed by atoms with Crippen molar-refractivity contribution >= 4 is 17.5 Å². The van der Waals surface area contributed by atoms with Gasteiger partial charge in [-0.25, -0.2) is 0 Å². The van der Waals surface area contributed by atoms with Crippen molar-refractivity contribution in [2.75, 3.05) is 19.0 Å². The Morgan fingerprint density at radius 2 is 1.92 bits per heavy atom. The predicted octanol–water partition coefficient (Wildman–Crippen LogP) is 2.99. The number of ether oxygens (including phenoxy) is 1. The molecule has 0 radical (unpaired) electrons. The standard InChI is InChI=1S/C20H22N2O3/c1-14-5-3-4-6-18(14)21-20(24)16-11-19(23)22(13-16)12-15-7-9-17(25-2)10-8-15/h3-10,16H,11-13H2,1-2H3,(H,21,24)/t16-/m1/s1. The van der Waals surface area contributed by atoms with Crippen molar-refractivity contribution in [2.45, 2.75) is 19.9 Å². The van der Waals surface area contributed by atoms with E-state index in [-0.39, 0.29) is 24.2 Å². The number of aryl methyl sites for hydroxylation is 1. The van der Waals surface area contributed by atoms with Gasteiger partial charge in [0.25, 0.3) is 0 Å². The van der Waals surface area contributed by atoms with Crippen molar-refractivity contribution < 1.29 is 14.3 Å².